The zero-order valence-corrected chi connectivity index (χ0v) is 11.5. The maximum absolute atomic E-state index is 5.97. The van der Waals surface area contributed by atoms with Gasteiger partial charge in [-0.2, -0.15) is 0 Å². The maximum atomic E-state index is 5.97. The largest absolute Gasteiger partial charge is 0.356 e. The molecule has 2 aliphatic heterocycles. The molecule has 2 fully saturated rings. The van der Waals surface area contributed by atoms with Gasteiger partial charge in [0, 0.05) is 38.3 Å². The Balaban J connectivity index is 1.75. The molecule has 0 aromatic carbocycles. The van der Waals surface area contributed by atoms with E-state index in [4.69, 9.17) is 5.73 Å². The molecule has 0 amide bonds. The molecule has 0 saturated carbocycles. The molecule has 19 heavy (non-hydrogen) atoms. The smallest absolute Gasteiger partial charge is 0.134 e. The van der Waals surface area contributed by atoms with E-state index in [2.05, 4.69) is 25.8 Å². The van der Waals surface area contributed by atoms with Crippen LogP contribution in [0.2, 0.25) is 0 Å². The number of hydrogen-bond donors (Lipinski definition) is 1. The molecule has 1 aromatic rings. The van der Waals surface area contributed by atoms with Gasteiger partial charge in [-0.25, -0.2) is 9.97 Å². The van der Waals surface area contributed by atoms with Crippen molar-refractivity contribution in [2.75, 3.05) is 36.0 Å². The van der Waals surface area contributed by atoms with Crippen LogP contribution < -0.4 is 15.5 Å². The van der Waals surface area contributed by atoms with Crippen LogP contribution in [0.5, 0.6) is 0 Å². The fourth-order valence-electron chi connectivity index (χ4n) is 2.98. The SMILES string of the molecule is NC1CCN(c2cc(N3CCCCCC3)ncn2)C1. The van der Waals surface area contributed by atoms with Gasteiger partial charge in [0.15, 0.2) is 0 Å². The highest BCUT2D eigenvalue weighted by molar-refractivity contribution is 5.50. The molecule has 0 bridgehead atoms. The third-order valence-corrected chi connectivity index (χ3v) is 4.12. The predicted octanol–water partition coefficient (Wildman–Crippen LogP) is 1.39. The van der Waals surface area contributed by atoms with Crippen LogP contribution in [0.4, 0.5) is 11.6 Å². The Morgan fingerprint density at radius 1 is 0.947 bits per heavy atom. The third-order valence-electron chi connectivity index (χ3n) is 4.12. The van der Waals surface area contributed by atoms with Crippen molar-refractivity contribution in [1.29, 1.82) is 0 Å². The molecule has 3 heterocycles. The van der Waals surface area contributed by atoms with Gasteiger partial charge in [0.25, 0.3) is 0 Å². The quantitative estimate of drug-likeness (QED) is 0.872. The van der Waals surface area contributed by atoms with E-state index in [1.807, 2.05) is 0 Å². The van der Waals surface area contributed by atoms with E-state index >= 15 is 0 Å². The van der Waals surface area contributed by atoms with Crippen LogP contribution >= 0.6 is 0 Å². The molecule has 3 rings (SSSR count). The predicted molar refractivity (Wildman–Crippen MR) is 77.5 cm³/mol. The van der Waals surface area contributed by atoms with Crippen molar-refractivity contribution in [1.82, 2.24) is 9.97 Å². The number of anilines is 2. The van der Waals surface area contributed by atoms with Gasteiger partial charge in [-0.3, -0.25) is 0 Å². The number of nitrogens with two attached hydrogens (primary N) is 1. The topological polar surface area (TPSA) is 58.3 Å². The fraction of sp³-hybridized carbons (Fsp3) is 0.714. The van der Waals surface area contributed by atoms with E-state index < -0.39 is 0 Å². The zero-order valence-electron chi connectivity index (χ0n) is 11.5. The van der Waals surface area contributed by atoms with Gasteiger partial charge in [0.05, 0.1) is 0 Å². The van der Waals surface area contributed by atoms with Gasteiger partial charge in [-0.15, -0.1) is 0 Å². The maximum Gasteiger partial charge on any atom is 0.134 e. The normalized spacial score (nSPS) is 24.6. The second-order valence-electron chi connectivity index (χ2n) is 5.63. The lowest BCUT2D eigenvalue weighted by molar-refractivity contribution is 0.726. The van der Waals surface area contributed by atoms with Gasteiger partial charge in [0.1, 0.15) is 18.0 Å². The first-order chi connectivity index (χ1) is 9.33. The average Bonchev–Trinajstić information content (AvgIpc) is 2.71. The summed E-state index contributed by atoms with van der Waals surface area (Å²) in [6.07, 6.45) is 7.98. The van der Waals surface area contributed by atoms with Crippen molar-refractivity contribution in [2.45, 2.75) is 38.1 Å². The van der Waals surface area contributed by atoms with Gasteiger partial charge in [0.2, 0.25) is 0 Å². The summed E-state index contributed by atoms with van der Waals surface area (Å²) in [6, 6.07) is 2.42. The van der Waals surface area contributed by atoms with Crippen LogP contribution in [0.3, 0.4) is 0 Å². The second kappa shape index (κ2) is 5.74. The van der Waals surface area contributed by atoms with Gasteiger partial charge >= 0.3 is 0 Å². The van der Waals surface area contributed by atoms with Crippen LogP contribution in [-0.4, -0.2) is 42.2 Å². The Morgan fingerprint density at radius 2 is 1.63 bits per heavy atom. The lowest BCUT2D eigenvalue weighted by Gasteiger charge is -2.23. The number of rotatable bonds is 2. The summed E-state index contributed by atoms with van der Waals surface area (Å²) in [7, 11) is 0. The van der Waals surface area contributed by atoms with Crippen LogP contribution in [0, 0.1) is 0 Å². The van der Waals surface area contributed by atoms with Crippen LogP contribution in [0.25, 0.3) is 0 Å². The van der Waals surface area contributed by atoms with Gasteiger partial charge in [-0.05, 0) is 19.3 Å². The van der Waals surface area contributed by atoms with E-state index in [9.17, 15) is 0 Å². The molecule has 1 atom stereocenters. The lowest BCUT2D eigenvalue weighted by atomic mass is 10.2. The summed E-state index contributed by atoms with van der Waals surface area (Å²) in [6.45, 7) is 4.17. The summed E-state index contributed by atoms with van der Waals surface area (Å²) in [5, 5.41) is 0. The standard InChI is InChI=1S/C14H23N5/c15-12-5-8-19(10-12)14-9-13(16-11-17-14)18-6-3-1-2-4-7-18/h9,11-12H,1-8,10,15H2. The zero-order chi connectivity index (χ0) is 13.1. The van der Waals surface area contributed by atoms with E-state index in [1.165, 1.54) is 25.7 Å². The summed E-state index contributed by atoms with van der Waals surface area (Å²) in [5.74, 6) is 2.11. The highest BCUT2D eigenvalue weighted by Crippen LogP contribution is 2.23. The number of hydrogen-bond acceptors (Lipinski definition) is 5. The Kier molecular flexibility index (Phi) is 3.82. The Hall–Kier alpha value is -1.36. The van der Waals surface area contributed by atoms with Crippen molar-refractivity contribution in [3.63, 3.8) is 0 Å². The van der Waals surface area contributed by atoms with Crippen molar-refractivity contribution < 1.29 is 0 Å². The molecule has 2 N–H and O–H groups in total. The number of nitrogens with zero attached hydrogens (tertiary/aromatic N) is 4. The van der Waals surface area contributed by atoms with E-state index in [-0.39, 0.29) is 6.04 Å². The minimum absolute atomic E-state index is 0.289. The molecular formula is C14H23N5. The van der Waals surface area contributed by atoms with E-state index in [0.717, 1.165) is 44.2 Å². The molecule has 1 unspecified atom stereocenters. The molecule has 5 nitrogen and oxygen atoms in total. The van der Waals surface area contributed by atoms with Gasteiger partial charge < -0.3 is 15.5 Å². The van der Waals surface area contributed by atoms with Crippen molar-refractivity contribution in [3.8, 4) is 0 Å². The van der Waals surface area contributed by atoms with E-state index in [1.54, 1.807) is 6.33 Å². The first kappa shape index (κ1) is 12.7. The van der Waals surface area contributed by atoms with E-state index in [0.29, 0.717) is 0 Å². The molecule has 1 aromatic heterocycles. The monoisotopic (exact) mass is 261 g/mol. The average molecular weight is 261 g/mol. The summed E-state index contributed by atoms with van der Waals surface area (Å²) in [5.41, 5.74) is 5.97. The van der Waals surface area contributed by atoms with Crippen LogP contribution in [-0.2, 0) is 0 Å². The highest BCUT2D eigenvalue weighted by atomic mass is 15.2. The molecule has 0 aliphatic carbocycles. The first-order valence-corrected chi connectivity index (χ1v) is 7.40. The molecular weight excluding hydrogens is 238 g/mol. The molecule has 2 saturated heterocycles. The highest BCUT2D eigenvalue weighted by Gasteiger charge is 2.21. The molecule has 104 valence electrons. The lowest BCUT2D eigenvalue weighted by Crippen LogP contribution is -2.28. The minimum atomic E-state index is 0.289. The van der Waals surface area contributed by atoms with Gasteiger partial charge in [-0.1, -0.05) is 12.8 Å². The molecule has 0 radical (unpaired) electrons. The Labute approximate surface area is 114 Å². The third kappa shape index (κ3) is 2.97. The fourth-order valence-corrected chi connectivity index (χ4v) is 2.98. The summed E-state index contributed by atoms with van der Waals surface area (Å²) in [4.78, 5) is 13.5. The second-order valence-corrected chi connectivity index (χ2v) is 5.63. The van der Waals surface area contributed by atoms with Crippen LogP contribution in [0.1, 0.15) is 32.1 Å². The Bertz CT molecular complexity index is 414. The van der Waals surface area contributed by atoms with Crippen molar-refractivity contribution >= 4 is 11.6 Å². The molecule has 0 spiro atoms. The first-order valence-electron chi connectivity index (χ1n) is 7.40. The molecule has 2 aliphatic rings. The van der Waals surface area contributed by atoms with Crippen LogP contribution in [0.15, 0.2) is 12.4 Å². The summed E-state index contributed by atoms with van der Waals surface area (Å²) >= 11 is 0. The van der Waals surface area contributed by atoms with Crippen molar-refractivity contribution in [3.05, 3.63) is 12.4 Å². The Morgan fingerprint density at radius 3 is 2.26 bits per heavy atom. The summed E-state index contributed by atoms with van der Waals surface area (Å²) < 4.78 is 0. The number of aromatic nitrogens is 2. The molecule has 5 heteroatoms. The minimum Gasteiger partial charge on any atom is -0.356 e. The van der Waals surface area contributed by atoms with Crippen molar-refractivity contribution in [2.24, 2.45) is 5.73 Å².